The molecule has 0 aliphatic carbocycles. The van der Waals surface area contributed by atoms with Crippen molar-refractivity contribution in [2.45, 2.75) is 25.9 Å². The highest BCUT2D eigenvalue weighted by Crippen LogP contribution is 2.33. The van der Waals surface area contributed by atoms with Crippen LogP contribution in [0.1, 0.15) is 23.1 Å². The van der Waals surface area contributed by atoms with Crippen LogP contribution >= 0.6 is 0 Å². The molecule has 2 nitrogen and oxygen atoms in total. The Labute approximate surface area is 124 Å². The Morgan fingerprint density at radius 3 is 2.38 bits per heavy atom. The lowest BCUT2D eigenvalue weighted by Crippen LogP contribution is -2.44. The van der Waals surface area contributed by atoms with Crippen LogP contribution in [0.5, 0.6) is 0 Å². The van der Waals surface area contributed by atoms with Gasteiger partial charge in [-0.15, -0.1) is 0 Å². The molecule has 5 heteroatoms. The number of alkyl halides is 3. The predicted molar refractivity (Wildman–Crippen MR) is 78.4 cm³/mol. The normalized spacial score (nSPS) is 18.1. The summed E-state index contributed by atoms with van der Waals surface area (Å²) in [6.07, 6.45) is -2.63. The molecule has 1 heterocycles. The van der Waals surface area contributed by atoms with Gasteiger partial charge in [0.2, 0.25) is 0 Å². The van der Waals surface area contributed by atoms with Gasteiger partial charge in [-0.3, -0.25) is 0 Å². The Balaban J connectivity index is 1.89. The van der Waals surface area contributed by atoms with Crippen molar-refractivity contribution in [3.05, 3.63) is 34.9 Å². The third-order valence-corrected chi connectivity index (χ3v) is 4.27. The maximum Gasteiger partial charge on any atom is 0.416 e. The van der Waals surface area contributed by atoms with E-state index in [2.05, 4.69) is 16.8 Å². The van der Waals surface area contributed by atoms with E-state index in [-0.39, 0.29) is 0 Å². The van der Waals surface area contributed by atoms with E-state index in [0.29, 0.717) is 12.0 Å². The largest absolute Gasteiger partial charge is 0.416 e. The van der Waals surface area contributed by atoms with Gasteiger partial charge in [0.1, 0.15) is 0 Å². The monoisotopic (exact) mass is 300 g/mol. The fourth-order valence-electron chi connectivity index (χ4n) is 2.83. The molecule has 0 saturated carbocycles. The zero-order valence-corrected chi connectivity index (χ0v) is 12.7. The molecule has 2 rings (SSSR count). The number of benzene rings is 1. The van der Waals surface area contributed by atoms with Crippen LogP contribution in [0, 0.1) is 6.92 Å². The molecule has 1 aliphatic rings. The van der Waals surface area contributed by atoms with Gasteiger partial charge in [-0.25, -0.2) is 0 Å². The van der Waals surface area contributed by atoms with Gasteiger partial charge in [-0.1, -0.05) is 12.1 Å². The lowest BCUT2D eigenvalue weighted by atomic mass is 9.98. The van der Waals surface area contributed by atoms with Crippen molar-refractivity contribution >= 4 is 0 Å². The zero-order valence-electron chi connectivity index (χ0n) is 12.7. The van der Waals surface area contributed by atoms with Crippen molar-refractivity contribution in [2.75, 3.05) is 39.8 Å². The molecule has 1 aliphatic heterocycles. The number of rotatable bonds is 4. The van der Waals surface area contributed by atoms with E-state index in [1.165, 1.54) is 12.1 Å². The first-order valence-corrected chi connectivity index (χ1v) is 7.44. The van der Waals surface area contributed by atoms with Crippen LogP contribution in [0.15, 0.2) is 18.2 Å². The van der Waals surface area contributed by atoms with Crippen LogP contribution in [0.3, 0.4) is 0 Å². The van der Waals surface area contributed by atoms with Gasteiger partial charge in [-0.05, 0) is 50.6 Å². The van der Waals surface area contributed by atoms with Crippen LogP contribution in [0.25, 0.3) is 0 Å². The van der Waals surface area contributed by atoms with Crippen LogP contribution in [0.4, 0.5) is 13.2 Å². The molecule has 1 aromatic rings. The average molecular weight is 300 g/mol. The quantitative estimate of drug-likeness (QED) is 0.842. The van der Waals surface area contributed by atoms with Gasteiger partial charge in [0.25, 0.3) is 0 Å². The molecule has 0 spiro atoms. The van der Waals surface area contributed by atoms with E-state index in [4.69, 9.17) is 0 Å². The second-order valence-corrected chi connectivity index (χ2v) is 5.84. The SMILES string of the molecule is Cc1c(CCCN2CCN(C)CC2)cccc1C(F)(F)F. The van der Waals surface area contributed by atoms with E-state index in [9.17, 15) is 13.2 Å². The van der Waals surface area contributed by atoms with Gasteiger partial charge in [-0.2, -0.15) is 13.2 Å². The molecule has 1 aromatic carbocycles. The summed E-state index contributed by atoms with van der Waals surface area (Å²) in [5.41, 5.74) is 0.696. The fourth-order valence-corrected chi connectivity index (χ4v) is 2.83. The summed E-state index contributed by atoms with van der Waals surface area (Å²) in [5, 5.41) is 0. The minimum atomic E-state index is -4.25. The molecule has 1 fully saturated rings. The van der Waals surface area contributed by atoms with Crippen LogP contribution in [-0.4, -0.2) is 49.6 Å². The highest BCUT2D eigenvalue weighted by Gasteiger charge is 2.32. The molecule has 0 aromatic heterocycles. The second kappa shape index (κ2) is 6.79. The topological polar surface area (TPSA) is 6.48 Å². The smallest absolute Gasteiger partial charge is 0.304 e. The summed E-state index contributed by atoms with van der Waals surface area (Å²) in [5.74, 6) is 0. The second-order valence-electron chi connectivity index (χ2n) is 5.84. The van der Waals surface area contributed by atoms with Crippen molar-refractivity contribution < 1.29 is 13.2 Å². The van der Waals surface area contributed by atoms with E-state index in [0.717, 1.165) is 44.7 Å². The van der Waals surface area contributed by atoms with Gasteiger partial charge in [0.05, 0.1) is 5.56 Å². The molecule has 0 bridgehead atoms. The van der Waals surface area contributed by atoms with Crippen molar-refractivity contribution in [3.63, 3.8) is 0 Å². The van der Waals surface area contributed by atoms with Gasteiger partial charge in [0.15, 0.2) is 0 Å². The minimum absolute atomic E-state index is 0.378. The van der Waals surface area contributed by atoms with Crippen molar-refractivity contribution in [3.8, 4) is 0 Å². The summed E-state index contributed by atoms with van der Waals surface area (Å²) in [6, 6.07) is 4.49. The summed E-state index contributed by atoms with van der Waals surface area (Å²) in [4.78, 5) is 4.69. The first kappa shape index (κ1) is 16.3. The number of likely N-dealkylation sites (N-methyl/N-ethyl adjacent to an activating group) is 1. The molecule has 0 radical (unpaired) electrons. The molecule has 0 N–H and O–H groups in total. The first-order valence-electron chi connectivity index (χ1n) is 7.44. The fraction of sp³-hybridized carbons (Fsp3) is 0.625. The maximum atomic E-state index is 12.9. The number of piperazine rings is 1. The number of nitrogens with zero attached hydrogens (tertiary/aromatic N) is 2. The first-order chi connectivity index (χ1) is 9.88. The Bertz CT molecular complexity index is 463. The van der Waals surface area contributed by atoms with Crippen LogP contribution < -0.4 is 0 Å². The summed E-state index contributed by atoms with van der Waals surface area (Å²) in [7, 11) is 2.11. The summed E-state index contributed by atoms with van der Waals surface area (Å²) in [6.45, 7) is 6.79. The molecule has 0 atom stereocenters. The van der Waals surface area contributed by atoms with Crippen LogP contribution in [-0.2, 0) is 12.6 Å². The number of halogens is 3. The molecular formula is C16H23F3N2. The number of hydrogen-bond acceptors (Lipinski definition) is 2. The van der Waals surface area contributed by atoms with Crippen molar-refractivity contribution in [1.29, 1.82) is 0 Å². The third kappa shape index (κ3) is 4.45. The van der Waals surface area contributed by atoms with E-state index >= 15 is 0 Å². The minimum Gasteiger partial charge on any atom is -0.304 e. The Kier molecular flexibility index (Phi) is 5.27. The average Bonchev–Trinajstić information content (AvgIpc) is 2.41. The van der Waals surface area contributed by atoms with E-state index in [1.807, 2.05) is 6.07 Å². The lowest BCUT2D eigenvalue weighted by molar-refractivity contribution is -0.138. The lowest BCUT2D eigenvalue weighted by Gasteiger charge is -2.32. The number of aryl methyl sites for hydroxylation is 1. The molecule has 118 valence electrons. The zero-order chi connectivity index (χ0) is 15.5. The molecule has 0 unspecified atom stereocenters. The molecule has 1 saturated heterocycles. The molecule has 0 amide bonds. The van der Waals surface area contributed by atoms with E-state index in [1.54, 1.807) is 6.92 Å². The summed E-state index contributed by atoms with van der Waals surface area (Å²) < 4.78 is 38.6. The third-order valence-electron chi connectivity index (χ3n) is 4.27. The van der Waals surface area contributed by atoms with Gasteiger partial charge < -0.3 is 9.80 Å². The maximum absolute atomic E-state index is 12.9. The van der Waals surface area contributed by atoms with Crippen LogP contribution in [0.2, 0.25) is 0 Å². The van der Waals surface area contributed by atoms with Crippen molar-refractivity contribution in [1.82, 2.24) is 9.80 Å². The Morgan fingerprint density at radius 2 is 1.76 bits per heavy atom. The van der Waals surface area contributed by atoms with Gasteiger partial charge >= 0.3 is 6.18 Å². The predicted octanol–water partition coefficient (Wildman–Crippen LogP) is 3.19. The van der Waals surface area contributed by atoms with Gasteiger partial charge in [0, 0.05) is 26.2 Å². The Morgan fingerprint density at radius 1 is 1.10 bits per heavy atom. The van der Waals surface area contributed by atoms with E-state index < -0.39 is 11.7 Å². The highest BCUT2D eigenvalue weighted by atomic mass is 19.4. The standard InChI is InChI=1S/C16H23F3N2/c1-13-14(5-3-7-15(13)16(17,18)19)6-4-8-21-11-9-20(2)10-12-21/h3,5,7H,4,6,8-12H2,1-2H3. The number of hydrogen-bond donors (Lipinski definition) is 0. The summed E-state index contributed by atoms with van der Waals surface area (Å²) >= 11 is 0. The molecular weight excluding hydrogens is 277 g/mol. The highest BCUT2D eigenvalue weighted by molar-refractivity contribution is 5.36. The Hall–Kier alpha value is -1.07. The van der Waals surface area contributed by atoms with Crippen molar-refractivity contribution in [2.24, 2.45) is 0 Å². The molecule has 21 heavy (non-hydrogen) atoms.